The maximum absolute atomic E-state index is 12.5. The molecular weight excluding hydrogens is 671 g/mol. The van der Waals surface area contributed by atoms with E-state index in [4.69, 9.17) is 14.7 Å². The van der Waals surface area contributed by atoms with Gasteiger partial charge in [-0.05, 0) is 64.9 Å². The largest absolute Gasteiger partial charge is 0.478 e. The van der Waals surface area contributed by atoms with Crippen molar-refractivity contribution in [3.63, 3.8) is 0 Å². The highest BCUT2D eigenvalue weighted by molar-refractivity contribution is 7.99. The number of amides is 2. The van der Waals surface area contributed by atoms with Gasteiger partial charge >= 0.3 is 5.97 Å². The maximum Gasteiger partial charge on any atom is 0.338 e. The minimum Gasteiger partial charge on any atom is -0.478 e. The molecule has 0 radical (unpaired) electrons. The predicted octanol–water partition coefficient (Wildman–Crippen LogP) is 6.74. The number of nitrogens with one attached hydrogen (secondary N) is 2. The lowest BCUT2D eigenvalue weighted by molar-refractivity contribution is -0.245. The first-order valence-electron chi connectivity index (χ1n) is 17.0. The number of carboxylic acid groups (broad SMARTS) is 1. The lowest BCUT2D eigenvalue weighted by Crippen LogP contribution is -2.31. The summed E-state index contributed by atoms with van der Waals surface area (Å²) in [5.41, 5.74) is 7.27. The molecule has 51 heavy (non-hydrogen) atoms. The van der Waals surface area contributed by atoms with Crippen molar-refractivity contribution in [1.82, 2.24) is 15.8 Å². The summed E-state index contributed by atoms with van der Waals surface area (Å²) in [6.07, 6.45) is 4.59. The van der Waals surface area contributed by atoms with E-state index in [9.17, 15) is 24.6 Å². The molecule has 1 aliphatic heterocycles. The van der Waals surface area contributed by atoms with E-state index >= 15 is 0 Å². The Bertz CT molecular complexity index is 1770. The van der Waals surface area contributed by atoms with Gasteiger partial charge < -0.3 is 25.0 Å². The van der Waals surface area contributed by atoms with Crippen molar-refractivity contribution in [3.05, 3.63) is 119 Å². The SMILES string of the molecule is O=C(CCCCCCC(=O)NCc1cccc(-c2cccc([C@@H]3O[C@H](CSc4ncccc4C(=O)O)C[C@H](c4ccc(CO)cc4)O3)c2)c1)NO. The quantitative estimate of drug-likeness (QED) is 0.0342. The zero-order chi connectivity index (χ0) is 36.0. The van der Waals surface area contributed by atoms with Crippen molar-refractivity contribution in [2.45, 2.75) is 81.6 Å². The number of carbonyl (C=O) groups is 3. The summed E-state index contributed by atoms with van der Waals surface area (Å²) < 4.78 is 13.1. The summed E-state index contributed by atoms with van der Waals surface area (Å²) >= 11 is 1.34. The Kier molecular flexibility index (Phi) is 14.1. The number of hydrogen-bond donors (Lipinski definition) is 5. The number of hydrogen-bond acceptors (Lipinski definition) is 9. The molecular formula is C39H43N3O8S. The van der Waals surface area contributed by atoms with Crippen LogP contribution in [0.4, 0.5) is 0 Å². The zero-order valence-corrected chi connectivity index (χ0v) is 29.0. The molecule has 0 aliphatic carbocycles. The molecule has 0 saturated carbocycles. The monoisotopic (exact) mass is 713 g/mol. The van der Waals surface area contributed by atoms with E-state index in [0.717, 1.165) is 52.6 Å². The van der Waals surface area contributed by atoms with Gasteiger partial charge in [-0.15, -0.1) is 11.8 Å². The molecule has 0 unspecified atom stereocenters. The van der Waals surface area contributed by atoms with E-state index in [0.29, 0.717) is 36.6 Å². The highest BCUT2D eigenvalue weighted by Crippen LogP contribution is 2.40. The molecule has 1 fully saturated rings. The molecule has 0 bridgehead atoms. The van der Waals surface area contributed by atoms with Crippen molar-refractivity contribution < 1.29 is 39.3 Å². The van der Waals surface area contributed by atoms with Crippen molar-refractivity contribution >= 4 is 29.5 Å². The Morgan fingerprint density at radius 2 is 1.53 bits per heavy atom. The summed E-state index contributed by atoms with van der Waals surface area (Å²) in [4.78, 5) is 39.6. The second-order valence-corrected chi connectivity index (χ2v) is 13.4. The third-order valence-corrected chi connectivity index (χ3v) is 9.75. The molecule has 0 spiro atoms. The number of hydroxylamine groups is 1. The fourth-order valence-corrected chi connectivity index (χ4v) is 6.86. The molecule has 5 N–H and O–H groups in total. The first-order chi connectivity index (χ1) is 24.8. The van der Waals surface area contributed by atoms with Crippen LogP contribution < -0.4 is 10.8 Å². The van der Waals surface area contributed by atoms with E-state index in [1.807, 2.05) is 72.8 Å². The van der Waals surface area contributed by atoms with Gasteiger partial charge in [0.25, 0.3) is 0 Å². The number of benzene rings is 3. The van der Waals surface area contributed by atoms with Crippen LogP contribution in [0.15, 0.2) is 96.2 Å². The van der Waals surface area contributed by atoms with Crippen LogP contribution in [0.25, 0.3) is 11.1 Å². The Morgan fingerprint density at radius 3 is 2.25 bits per heavy atom. The van der Waals surface area contributed by atoms with E-state index in [1.54, 1.807) is 23.8 Å². The molecule has 1 saturated heterocycles. The Hall–Kier alpha value is -4.59. The van der Waals surface area contributed by atoms with Crippen LogP contribution in [-0.4, -0.2) is 50.0 Å². The number of nitrogens with zero attached hydrogens (tertiary/aromatic N) is 1. The first-order valence-corrected chi connectivity index (χ1v) is 18.0. The second-order valence-electron chi connectivity index (χ2n) is 12.4. The minimum absolute atomic E-state index is 0.0300. The van der Waals surface area contributed by atoms with Gasteiger partial charge in [0.1, 0.15) is 5.03 Å². The zero-order valence-electron chi connectivity index (χ0n) is 28.2. The maximum atomic E-state index is 12.5. The number of thioether (sulfide) groups is 1. The van der Waals surface area contributed by atoms with Gasteiger partial charge in [0.2, 0.25) is 11.8 Å². The summed E-state index contributed by atoms with van der Waals surface area (Å²) in [7, 11) is 0. The van der Waals surface area contributed by atoms with Crippen LogP contribution in [0.2, 0.25) is 0 Å². The molecule has 12 heteroatoms. The number of ether oxygens (including phenoxy) is 2. The molecule has 2 heterocycles. The van der Waals surface area contributed by atoms with Gasteiger partial charge in [-0.1, -0.05) is 73.5 Å². The molecule has 3 atom stereocenters. The normalized spacial score (nSPS) is 17.1. The van der Waals surface area contributed by atoms with Crippen LogP contribution in [0.5, 0.6) is 0 Å². The topological polar surface area (TPSA) is 167 Å². The number of unbranched alkanes of at least 4 members (excludes halogenated alkanes) is 3. The standard InChI is InChI=1S/C39H43N3O8S/c43-24-26-15-17-28(18-16-26)34-22-32(25-51-37-33(38(46)47)12-7-19-40-37)49-39(50-34)31-11-6-10-30(21-31)29-9-5-8-27(20-29)23-41-35(44)13-3-1-2-4-14-36(45)42-48/h5-12,15-21,32,34,39,43,48H,1-4,13-14,22-25H2,(H,41,44)(H,42,45)(H,46,47)/t32-,34+,39+/m0/s1. The molecule has 268 valence electrons. The molecule has 4 aromatic rings. The number of aromatic carboxylic acids is 1. The summed E-state index contributed by atoms with van der Waals surface area (Å²) in [6.45, 7) is 0.345. The van der Waals surface area contributed by atoms with E-state index < -0.39 is 18.2 Å². The predicted molar refractivity (Wildman–Crippen MR) is 192 cm³/mol. The molecule has 1 aliphatic rings. The number of aliphatic hydroxyl groups is 1. The smallest absolute Gasteiger partial charge is 0.338 e. The molecule has 1 aromatic heterocycles. The van der Waals surface area contributed by atoms with Crippen LogP contribution in [0.1, 0.15) is 90.0 Å². The first kappa shape index (κ1) is 37.7. The fraction of sp³-hybridized carbons (Fsp3) is 0.333. The van der Waals surface area contributed by atoms with Gasteiger partial charge in [-0.2, -0.15) is 0 Å². The minimum atomic E-state index is -1.03. The average Bonchev–Trinajstić information content (AvgIpc) is 3.17. The second kappa shape index (κ2) is 19.1. The van der Waals surface area contributed by atoms with Crippen molar-refractivity contribution in [1.29, 1.82) is 0 Å². The Morgan fingerprint density at radius 1 is 0.804 bits per heavy atom. The van der Waals surface area contributed by atoms with Gasteiger partial charge in [0, 0.05) is 43.3 Å². The highest BCUT2D eigenvalue weighted by atomic mass is 32.2. The Labute approximate surface area is 301 Å². The lowest BCUT2D eigenvalue weighted by Gasteiger charge is -2.36. The highest BCUT2D eigenvalue weighted by Gasteiger charge is 2.33. The van der Waals surface area contributed by atoms with Crippen LogP contribution in [0, 0.1) is 0 Å². The number of pyridine rings is 1. The van der Waals surface area contributed by atoms with Gasteiger partial charge in [-0.25, -0.2) is 15.3 Å². The van der Waals surface area contributed by atoms with Crippen LogP contribution >= 0.6 is 11.8 Å². The average molecular weight is 714 g/mol. The van der Waals surface area contributed by atoms with E-state index in [2.05, 4.69) is 10.3 Å². The van der Waals surface area contributed by atoms with Crippen LogP contribution in [0.3, 0.4) is 0 Å². The third-order valence-electron chi connectivity index (χ3n) is 8.61. The van der Waals surface area contributed by atoms with Gasteiger partial charge in [0.15, 0.2) is 6.29 Å². The molecule has 11 nitrogen and oxygen atoms in total. The number of carboxylic acids is 1. The van der Waals surface area contributed by atoms with Crippen molar-refractivity contribution in [2.24, 2.45) is 0 Å². The van der Waals surface area contributed by atoms with E-state index in [1.165, 1.54) is 11.8 Å². The number of carbonyl (C=O) groups excluding carboxylic acids is 2. The summed E-state index contributed by atoms with van der Waals surface area (Å²) in [5, 5.41) is 31.2. The van der Waals surface area contributed by atoms with Gasteiger partial charge in [-0.3, -0.25) is 14.8 Å². The molecule has 2 amide bonds. The van der Waals surface area contributed by atoms with E-state index in [-0.39, 0.29) is 36.7 Å². The molecule has 5 rings (SSSR count). The lowest BCUT2D eigenvalue weighted by atomic mass is 9.99. The van der Waals surface area contributed by atoms with Gasteiger partial charge in [0.05, 0.1) is 24.4 Å². The van der Waals surface area contributed by atoms with Crippen molar-refractivity contribution in [3.8, 4) is 11.1 Å². The van der Waals surface area contributed by atoms with Crippen molar-refractivity contribution in [2.75, 3.05) is 5.75 Å². The number of aromatic nitrogens is 1. The number of aliphatic hydroxyl groups excluding tert-OH is 1. The summed E-state index contributed by atoms with van der Waals surface area (Å²) in [5.74, 6) is -0.985. The Balaban J connectivity index is 1.24. The number of rotatable bonds is 17. The molecule has 3 aromatic carbocycles. The summed E-state index contributed by atoms with van der Waals surface area (Å²) in [6, 6.07) is 26.8. The third kappa shape index (κ3) is 11.2. The fourth-order valence-electron chi connectivity index (χ4n) is 5.86. The van der Waals surface area contributed by atoms with Crippen LogP contribution in [-0.2, 0) is 32.2 Å².